The standard InChI is InChI=1S/C14H13F3N2O4S2/c15-14(16,17)24(20,21)10-18-25(22,23)13-8-6-12(7-9-13)19-11-4-2-1-3-5-11/h1-9,18-19H,10H2. The molecule has 0 bridgehead atoms. The van der Waals surface area contributed by atoms with Gasteiger partial charge in [0.05, 0.1) is 4.90 Å². The summed E-state index contributed by atoms with van der Waals surface area (Å²) in [7, 11) is -9.99. The smallest absolute Gasteiger partial charge is 0.356 e. The SMILES string of the molecule is O=S(=O)(NCS(=O)(=O)C(F)(F)F)c1ccc(Nc2ccccc2)cc1. The van der Waals surface area contributed by atoms with Crippen LogP contribution < -0.4 is 10.0 Å². The quantitative estimate of drug-likeness (QED) is 0.786. The first-order valence-corrected chi connectivity index (χ1v) is 9.86. The third-order valence-corrected chi connectivity index (χ3v) is 5.85. The molecular weight excluding hydrogens is 381 g/mol. The van der Waals surface area contributed by atoms with E-state index >= 15 is 0 Å². The van der Waals surface area contributed by atoms with Gasteiger partial charge < -0.3 is 5.32 Å². The number of benzene rings is 2. The van der Waals surface area contributed by atoms with E-state index in [1.807, 2.05) is 6.07 Å². The molecule has 0 atom stereocenters. The van der Waals surface area contributed by atoms with E-state index in [1.165, 1.54) is 16.9 Å². The second-order valence-electron chi connectivity index (χ2n) is 4.87. The van der Waals surface area contributed by atoms with E-state index in [0.29, 0.717) is 5.69 Å². The van der Waals surface area contributed by atoms with Gasteiger partial charge >= 0.3 is 5.51 Å². The van der Waals surface area contributed by atoms with Gasteiger partial charge in [0.15, 0.2) is 0 Å². The lowest BCUT2D eigenvalue weighted by Crippen LogP contribution is -2.36. The van der Waals surface area contributed by atoms with E-state index in [4.69, 9.17) is 0 Å². The van der Waals surface area contributed by atoms with Crippen molar-refractivity contribution in [1.29, 1.82) is 0 Å². The molecule has 2 aromatic rings. The predicted molar refractivity (Wildman–Crippen MR) is 86.3 cm³/mol. The van der Waals surface area contributed by atoms with E-state index in [9.17, 15) is 30.0 Å². The molecule has 0 aliphatic heterocycles. The van der Waals surface area contributed by atoms with Crippen LogP contribution >= 0.6 is 0 Å². The number of sulfonamides is 1. The Morgan fingerprint density at radius 2 is 1.32 bits per heavy atom. The molecule has 0 aliphatic carbocycles. The molecule has 0 saturated heterocycles. The average molecular weight is 394 g/mol. The first kappa shape index (κ1) is 19.2. The zero-order valence-corrected chi connectivity index (χ0v) is 14.1. The summed E-state index contributed by atoms with van der Waals surface area (Å²) in [5.41, 5.74) is -4.22. The lowest BCUT2D eigenvalue weighted by Gasteiger charge is -2.11. The summed E-state index contributed by atoms with van der Waals surface area (Å²) in [5.74, 6) is -1.76. The van der Waals surface area contributed by atoms with Crippen molar-refractivity contribution in [2.45, 2.75) is 10.4 Å². The van der Waals surface area contributed by atoms with Crippen LogP contribution in [0, 0.1) is 0 Å². The summed E-state index contributed by atoms with van der Waals surface area (Å²) in [6.45, 7) is 0. The van der Waals surface area contributed by atoms with Crippen molar-refractivity contribution in [2.24, 2.45) is 0 Å². The van der Waals surface area contributed by atoms with Crippen LogP contribution in [0.2, 0.25) is 0 Å². The maximum Gasteiger partial charge on any atom is 0.498 e. The summed E-state index contributed by atoms with van der Waals surface area (Å²) < 4.78 is 83.8. The molecule has 0 radical (unpaired) electrons. The van der Waals surface area contributed by atoms with Gasteiger partial charge in [-0.15, -0.1) is 0 Å². The highest BCUT2D eigenvalue weighted by Gasteiger charge is 2.45. The normalized spacial score (nSPS) is 12.8. The van der Waals surface area contributed by atoms with Gasteiger partial charge in [-0.05, 0) is 36.4 Å². The molecule has 0 amide bonds. The molecule has 0 spiro atoms. The number of rotatable bonds is 6. The van der Waals surface area contributed by atoms with Gasteiger partial charge in [0.25, 0.3) is 9.84 Å². The molecule has 6 nitrogen and oxygen atoms in total. The second-order valence-corrected chi connectivity index (χ2v) is 8.62. The maximum absolute atomic E-state index is 12.2. The minimum atomic E-state index is -5.59. The van der Waals surface area contributed by atoms with Crippen molar-refractivity contribution >= 4 is 31.2 Å². The highest BCUT2D eigenvalue weighted by atomic mass is 32.2. The lowest BCUT2D eigenvalue weighted by molar-refractivity contribution is -0.0435. The fourth-order valence-corrected chi connectivity index (χ4v) is 3.79. The van der Waals surface area contributed by atoms with E-state index in [1.54, 1.807) is 24.3 Å². The van der Waals surface area contributed by atoms with E-state index in [0.717, 1.165) is 17.8 Å². The van der Waals surface area contributed by atoms with Crippen LogP contribution in [-0.4, -0.2) is 28.2 Å². The van der Waals surface area contributed by atoms with Crippen molar-refractivity contribution in [3.05, 3.63) is 54.6 Å². The topological polar surface area (TPSA) is 92.3 Å². The summed E-state index contributed by atoms with van der Waals surface area (Å²) in [6.07, 6.45) is 0. The summed E-state index contributed by atoms with van der Waals surface area (Å²) >= 11 is 0. The van der Waals surface area contributed by atoms with Crippen LogP contribution in [-0.2, 0) is 19.9 Å². The third kappa shape index (κ3) is 4.94. The molecule has 2 N–H and O–H groups in total. The number of alkyl halides is 3. The van der Waals surface area contributed by atoms with Gasteiger partial charge in [-0.25, -0.2) is 16.8 Å². The Labute approximate surface area is 142 Å². The van der Waals surface area contributed by atoms with E-state index in [-0.39, 0.29) is 4.90 Å². The second kappa shape index (κ2) is 7.02. The summed E-state index contributed by atoms with van der Waals surface area (Å²) in [4.78, 5) is -0.358. The molecule has 136 valence electrons. The van der Waals surface area contributed by atoms with Crippen LogP contribution in [0.5, 0.6) is 0 Å². The van der Waals surface area contributed by atoms with Crippen molar-refractivity contribution in [1.82, 2.24) is 4.72 Å². The van der Waals surface area contributed by atoms with Crippen LogP contribution in [0.15, 0.2) is 59.5 Å². The first-order valence-electron chi connectivity index (χ1n) is 6.72. The molecule has 0 fully saturated rings. The van der Waals surface area contributed by atoms with Gasteiger partial charge in [0, 0.05) is 11.4 Å². The van der Waals surface area contributed by atoms with Crippen LogP contribution in [0.25, 0.3) is 0 Å². The lowest BCUT2D eigenvalue weighted by atomic mass is 10.3. The van der Waals surface area contributed by atoms with Gasteiger partial charge in [0.1, 0.15) is 5.88 Å². The fourth-order valence-electron chi connectivity index (χ4n) is 1.73. The van der Waals surface area contributed by atoms with Gasteiger partial charge in [-0.2, -0.15) is 17.9 Å². The number of sulfone groups is 1. The van der Waals surface area contributed by atoms with Gasteiger partial charge in [0.2, 0.25) is 10.0 Å². The molecule has 25 heavy (non-hydrogen) atoms. The first-order chi connectivity index (χ1) is 11.5. The molecule has 0 heterocycles. The zero-order chi connectivity index (χ0) is 18.7. The minimum Gasteiger partial charge on any atom is -0.356 e. The number of para-hydroxylation sites is 1. The number of nitrogens with one attached hydrogen (secondary N) is 2. The molecular formula is C14H13F3N2O4S2. The monoisotopic (exact) mass is 394 g/mol. The fraction of sp³-hybridized carbons (Fsp3) is 0.143. The van der Waals surface area contributed by atoms with Crippen molar-refractivity contribution in [3.8, 4) is 0 Å². The highest BCUT2D eigenvalue weighted by Crippen LogP contribution is 2.24. The summed E-state index contributed by atoms with van der Waals surface area (Å²) in [5, 5.41) is 3.00. The van der Waals surface area contributed by atoms with Crippen molar-refractivity contribution < 1.29 is 30.0 Å². The molecule has 2 rings (SSSR count). The van der Waals surface area contributed by atoms with Crippen LogP contribution in [0.3, 0.4) is 0 Å². The Morgan fingerprint density at radius 3 is 1.84 bits per heavy atom. The molecule has 0 aromatic heterocycles. The average Bonchev–Trinajstić information content (AvgIpc) is 2.54. The molecule has 0 unspecified atom stereocenters. The van der Waals surface area contributed by atoms with Gasteiger partial charge in [-0.3, -0.25) is 0 Å². The Hall–Kier alpha value is -2.11. The molecule has 0 saturated carbocycles. The largest absolute Gasteiger partial charge is 0.498 e. The minimum absolute atomic E-state index is 0.358. The number of hydrogen-bond donors (Lipinski definition) is 2. The summed E-state index contributed by atoms with van der Waals surface area (Å²) in [6, 6.07) is 14.1. The van der Waals surface area contributed by atoms with Crippen molar-refractivity contribution in [2.75, 3.05) is 11.2 Å². The third-order valence-electron chi connectivity index (χ3n) is 3.02. The van der Waals surface area contributed by atoms with Crippen LogP contribution in [0.4, 0.5) is 24.5 Å². The van der Waals surface area contributed by atoms with E-state index in [2.05, 4.69) is 5.32 Å². The molecule has 11 heteroatoms. The zero-order valence-electron chi connectivity index (χ0n) is 12.5. The molecule has 0 aliphatic rings. The Balaban J connectivity index is 2.10. The van der Waals surface area contributed by atoms with E-state index < -0.39 is 31.2 Å². The number of halogens is 3. The molecule has 2 aromatic carbocycles. The number of hydrogen-bond acceptors (Lipinski definition) is 5. The number of anilines is 2. The highest BCUT2D eigenvalue weighted by molar-refractivity contribution is 7.94. The maximum atomic E-state index is 12.2. The Kier molecular flexibility index (Phi) is 5.40. The van der Waals surface area contributed by atoms with Crippen molar-refractivity contribution in [3.63, 3.8) is 0 Å². The Morgan fingerprint density at radius 1 is 0.800 bits per heavy atom. The Bertz CT molecular complexity index is 926. The van der Waals surface area contributed by atoms with Gasteiger partial charge in [-0.1, -0.05) is 18.2 Å². The van der Waals surface area contributed by atoms with Crippen LogP contribution in [0.1, 0.15) is 0 Å². The predicted octanol–water partition coefficient (Wildman–Crippen LogP) is 2.60.